The van der Waals surface area contributed by atoms with Crippen LogP contribution < -0.4 is 5.32 Å². The monoisotopic (exact) mass is 270 g/mol. The molecule has 0 aliphatic carbocycles. The number of hydrogen-bond acceptors (Lipinski definition) is 2. The number of nitrogens with one attached hydrogen (secondary N) is 1. The van der Waals surface area contributed by atoms with E-state index >= 15 is 0 Å². The Morgan fingerprint density at radius 3 is 1.89 bits per heavy atom. The molecule has 2 heteroatoms. The van der Waals surface area contributed by atoms with E-state index < -0.39 is 0 Å². The molecule has 1 atom stereocenters. The Labute approximate surface area is 122 Å². The summed E-state index contributed by atoms with van der Waals surface area (Å²) in [5, 5.41) is 3.37. The lowest BCUT2D eigenvalue weighted by Crippen LogP contribution is -2.30. The molecule has 0 saturated carbocycles. The predicted octanol–water partition coefficient (Wildman–Crippen LogP) is 4.01. The van der Waals surface area contributed by atoms with Crippen molar-refractivity contribution in [1.29, 1.82) is 0 Å². The van der Waals surface area contributed by atoms with Crippen LogP contribution >= 0.6 is 0 Å². The lowest BCUT2D eigenvalue weighted by atomic mass is 9.87. The predicted molar refractivity (Wildman–Crippen MR) is 87.7 cm³/mol. The molecule has 1 N–H and O–H groups in total. The highest BCUT2D eigenvalue weighted by molar-refractivity contribution is 4.70. The number of piperidine rings is 1. The maximum atomic E-state index is 3.37. The van der Waals surface area contributed by atoms with Crippen molar-refractivity contribution < 1.29 is 0 Å². The Bertz CT molecular complexity index is 195. The van der Waals surface area contributed by atoms with Crippen LogP contribution in [0.25, 0.3) is 0 Å². The van der Waals surface area contributed by atoms with Crippen LogP contribution in [-0.4, -0.2) is 37.6 Å². The molecule has 0 spiro atoms. The summed E-state index contributed by atoms with van der Waals surface area (Å²) in [4.78, 5) is 2.40. The maximum absolute atomic E-state index is 3.37. The van der Waals surface area contributed by atoms with E-state index in [4.69, 9.17) is 0 Å². The van der Waals surface area contributed by atoms with E-state index in [0.29, 0.717) is 6.04 Å². The average molecular weight is 271 g/mol. The first-order valence-electron chi connectivity index (χ1n) is 8.29. The summed E-state index contributed by atoms with van der Waals surface area (Å²) in [5.74, 6) is 2.73. The van der Waals surface area contributed by atoms with Gasteiger partial charge in [-0.25, -0.2) is 0 Å². The first-order chi connectivity index (χ1) is 8.88. The Kier molecular flexibility index (Phi) is 10.6. The van der Waals surface area contributed by atoms with Gasteiger partial charge in [-0.1, -0.05) is 34.1 Å². The molecule has 0 radical (unpaired) electrons. The van der Waals surface area contributed by atoms with Crippen molar-refractivity contribution in [2.75, 3.05) is 26.7 Å². The molecule has 19 heavy (non-hydrogen) atoms. The molecule has 1 saturated heterocycles. The topological polar surface area (TPSA) is 15.3 Å². The standard InChI is InChI=1S/C9H21N.C8H17N/c1-6-9(4)7-10(5)8(2)3;1-7(2)8-3-5-9-6-4-8/h8-9H,6-7H2,1-5H3;7-9H,3-6H2,1-2H3/t9-;/m1./s1. The van der Waals surface area contributed by atoms with Gasteiger partial charge in [-0.05, 0) is 64.6 Å². The summed E-state index contributed by atoms with van der Waals surface area (Å²) < 4.78 is 0. The van der Waals surface area contributed by atoms with Crippen LogP contribution in [-0.2, 0) is 0 Å². The van der Waals surface area contributed by atoms with Crippen LogP contribution in [0.3, 0.4) is 0 Å². The zero-order chi connectivity index (χ0) is 14.8. The average Bonchev–Trinajstić information content (AvgIpc) is 2.40. The van der Waals surface area contributed by atoms with Crippen molar-refractivity contribution in [3.63, 3.8) is 0 Å². The molecular weight excluding hydrogens is 232 g/mol. The summed E-state index contributed by atoms with van der Waals surface area (Å²) in [6, 6.07) is 0.689. The van der Waals surface area contributed by atoms with Crippen LogP contribution in [0.1, 0.15) is 60.8 Å². The highest BCUT2D eigenvalue weighted by atomic mass is 15.1. The van der Waals surface area contributed by atoms with Crippen LogP contribution in [0.2, 0.25) is 0 Å². The Morgan fingerprint density at radius 1 is 1.05 bits per heavy atom. The van der Waals surface area contributed by atoms with Gasteiger partial charge in [0.15, 0.2) is 0 Å². The third kappa shape index (κ3) is 9.45. The number of hydrogen-bond donors (Lipinski definition) is 1. The molecule has 0 unspecified atom stereocenters. The SMILES string of the molecule is CC(C)C1CCNCC1.CC[C@@H](C)CN(C)C(C)C. The first kappa shape index (κ1) is 18.9. The van der Waals surface area contributed by atoms with Crippen molar-refractivity contribution in [2.45, 2.75) is 66.8 Å². The van der Waals surface area contributed by atoms with Crippen molar-refractivity contribution in [2.24, 2.45) is 17.8 Å². The molecule has 0 aromatic carbocycles. The third-order valence-corrected chi connectivity index (χ3v) is 4.50. The van der Waals surface area contributed by atoms with Crippen molar-refractivity contribution in [1.82, 2.24) is 10.2 Å². The van der Waals surface area contributed by atoms with E-state index in [1.54, 1.807) is 0 Å². The van der Waals surface area contributed by atoms with Crippen LogP contribution in [0, 0.1) is 17.8 Å². The molecule has 1 aliphatic rings. The minimum absolute atomic E-state index is 0.689. The van der Waals surface area contributed by atoms with E-state index in [2.05, 4.69) is 58.8 Å². The fourth-order valence-electron chi connectivity index (χ4n) is 2.34. The number of nitrogens with zero attached hydrogens (tertiary/aromatic N) is 1. The second-order valence-electron chi connectivity index (χ2n) is 6.88. The second kappa shape index (κ2) is 10.7. The highest BCUT2D eigenvalue weighted by Gasteiger charge is 2.15. The van der Waals surface area contributed by atoms with Crippen LogP contribution in [0.5, 0.6) is 0 Å². The van der Waals surface area contributed by atoms with Crippen LogP contribution in [0.15, 0.2) is 0 Å². The minimum Gasteiger partial charge on any atom is -0.317 e. The summed E-state index contributed by atoms with van der Waals surface area (Å²) in [6.07, 6.45) is 4.06. The molecule has 2 nitrogen and oxygen atoms in total. The lowest BCUT2D eigenvalue weighted by molar-refractivity contribution is 0.234. The molecule has 0 amide bonds. The van der Waals surface area contributed by atoms with Crippen molar-refractivity contribution in [3.8, 4) is 0 Å². The van der Waals surface area contributed by atoms with Gasteiger partial charge in [0, 0.05) is 12.6 Å². The van der Waals surface area contributed by atoms with E-state index in [9.17, 15) is 0 Å². The lowest BCUT2D eigenvalue weighted by Gasteiger charge is -2.25. The fraction of sp³-hybridized carbons (Fsp3) is 1.00. The summed E-state index contributed by atoms with van der Waals surface area (Å²) in [5.41, 5.74) is 0. The molecule has 0 bridgehead atoms. The Hall–Kier alpha value is -0.0800. The van der Waals surface area contributed by atoms with E-state index in [1.807, 2.05) is 0 Å². The quantitative estimate of drug-likeness (QED) is 0.812. The van der Waals surface area contributed by atoms with Gasteiger partial charge >= 0.3 is 0 Å². The largest absolute Gasteiger partial charge is 0.317 e. The summed E-state index contributed by atoms with van der Waals surface area (Å²) in [6.45, 7) is 17.4. The third-order valence-electron chi connectivity index (χ3n) is 4.50. The van der Waals surface area contributed by atoms with Crippen LogP contribution in [0.4, 0.5) is 0 Å². The normalized spacial score (nSPS) is 18.6. The van der Waals surface area contributed by atoms with Gasteiger partial charge in [0.2, 0.25) is 0 Å². The van der Waals surface area contributed by atoms with E-state index in [1.165, 1.54) is 38.9 Å². The minimum atomic E-state index is 0.689. The highest BCUT2D eigenvalue weighted by Crippen LogP contribution is 2.20. The molecule has 1 fully saturated rings. The molecular formula is C17H38N2. The van der Waals surface area contributed by atoms with Gasteiger partial charge in [0.1, 0.15) is 0 Å². The van der Waals surface area contributed by atoms with E-state index in [0.717, 1.165) is 17.8 Å². The van der Waals surface area contributed by atoms with Gasteiger partial charge in [0.05, 0.1) is 0 Å². The number of rotatable bonds is 5. The summed E-state index contributed by atoms with van der Waals surface area (Å²) in [7, 11) is 2.19. The van der Waals surface area contributed by atoms with Gasteiger partial charge in [-0.15, -0.1) is 0 Å². The Morgan fingerprint density at radius 2 is 1.58 bits per heavy atom. The Balaban J connectivity index is 0.000000342. The zero-order valence-corrected chi connectivity index (χ0v) is 14.5. The van der Waals surface area contributed by atoms with Gasteiger partial charge in [-0.3, -0.25) is 0 Å². The van der Waals surface area contributed by atoms with Gasteiger partial charge in [0.25, 0.3) is 0 Å². The molecule has 1 aliphatic heterocycles. The second-order valence-corrected chi connectivity index (χ2v) is 6.88. The van der Waals surface area contributed by atoms with Gasteiger partial charge < -0.3 is 10.2 Å². The van der Waals surface area contributed by atoms with Gasteiger partial charge in [-0.2, -0.15) is 0 Å². The van der Waals surface area contributed by atoms with Crippen molar-refractivity contribution in [3.05, 3.63) is 0 Å². The zero-order valence-electron chi connectivity index (χ0n) is 14.5. The summed E-state index contributed by atoms with van der Waals surface area (Å²) >= 11 is 0. The molecule has 116 valence electrons. The smallest absolute Gasteiger partial charge is 0.00356 e. The molecule has 1 rings (SSSR count). The molecule has 0 aromatic rings. The molecule has 0 aromatic heterocycles. The first-order valence-corrected chi connectivity index (χ1v) is 8.29. The molecule has 1 heterocycles. The van der Waals surface area contributed by atoms with Crippen molar-refractivity contribution >= 4 is 0 Å². The van der Waals surface area contributed by atoms with E-state index in [-0.39, 0.29) is 0 Å². The maximum Gasteiger partial charge on any atom is 0.00356 e. The fourth-order valence-corrected chi connectivity index (χ4v) is 2.34.